The molecule has 1 amide bonds. The molecular weight excluding hydrogens is 360 g/mol. The molecule has 0 saturated carbocycles. The maximum Gasteiger partial charge on any atom is 0.251 e. The van der Waals surface area contributed by atoms with Gasteiger partial charge in [-0.2, -0.15) is 0 Å². The van der Waals surface area contributed by atoms with E-state index in [1.54, 1.807) is 32.5 Å². The molecule has 3 rings (SSSR count). The molecule has 0 radical (unpaired) electrons. The Balaban J connectivity index is 1.57. The third kappa shape index (κ3) is 5.34. The normalized spacial score (nSPS) is 14.4. The van der Waals surface area contributed by atoms with Crippen molar-refractivity contribution in [3.8, 4) is 11.5 Å². The summed E-state index contributed by atoms with van der Waals surface area (Å²) in [6.07, 6.45) is 1.61. The molecule has 8 heteroatoms. The molecule has 150 valence electrons. The van der Waals surface area contributed by atoms with Crippen molar-refractivity contribution in [2.75, 3.05) is 58.9 Å². The van der Waals surface area contributed by atoms with Gasteiger partial charge in [0.05, 0.1) is 27.4 Å². The number of aromatic nitrogens is 1. The molecule has 1 aliphatic rings. The quantitative estimate of drug-likeness (QED) is 0.717. The van der Waals surface area contributed by atoms with Gasteiger partial charge < -0.3 is 24.8 Å². The van der Waals surface area contributed by atoms with Gasteiger partial charge in [-0.3, -0.25) is 9.69 Å². The summed E-state index contributed by atoms with van der Waals surface area (Å²) in [6, 6.07) is 8.90. The topological polar surface area (TPSA) is 85.0 Å². The Bertz CT molecular complexity index is 794. The van der Waals surface area contributed by atoms with Crippen LogP contribution in [0.2, 0.25) is 0 Å². The first kappa shape index (κ1) is 19.9. The Kier molecular flexibility index (Phi) is 7.05. The van der Waals surface area contributed by atoms with Crippen molar-refractivity contribution in [3.05, 3.63) is 42.1 Å². The standard InChI is InChI=1S/C20H26N4O4/c1-26-17-4-3-16(14-18(17)27-2)23-19-13-15(5-6-21-19)20(25)22-7-8-24-9-11-28-12-10-24/h3-6,13-14H,7-12H2,1-2H3,(H,21,23)(H,22,25). The second-order valence-electron chi connectivity index (χ2n) is 6.33. The number of nitrogens with one attached hydrogen (secondary N) is 2. The number of methoxy groups -OCH3 is 2. The average molecular weight is 386 g/mol. The van der Waals surface area contributed by atoms with Crippen LogP contribution in [0, 0.1) is 0 Å². The Hall–Kier alpha value is -2.84. The number of anilines is 2. The second-order valence-corrected chi connectivity index (χ2v) is 6.33. The largest absolute Gasteiger partial charge is 0.493 e. The fourth-order valence-electron chi connectivity index (χ4n) is 2.96. The van der Waals surface area contributed by atoms with Crippen LogP contribution >= 0.6 is 0 Å². The van der Waals surface area contributed by atoms with E-state index in [0.29, 0.717) is 29.4 Å². The zero-order valence-electron chi connectivity index (χ0n) is 16.2. The van der Waals surface area contributed by atoms with E-state index in [1.165, 1.54) is 0 Å². The van der Waals surface area contributed by atoms with Crippen LogP contribution in [-0.4, -0.2) is 69.4 Å². The molecule has 0 bridgehead atoms. The highest BCUT2D eigenvalue weighted by Crippen LogP contribution is 2.30. The molecule has 1 fully saturated rings. The van der Waals surface area contributed by atoms with Crippen LogP contribution < -0.4 is 20.1 Å². The zero-order valence-corrected chi connectivity index (χ0v) is 16.2. The highest BCUT2D eigenvalue weighted by molar-refractivity contribution is 5.94. The third-order valence-electron chi connectivity index (χ3n) is 4.50. The summed E-state index contributed by atoms with van der Waals surface area (Å²) in [5.74, 6) is 1.72. The Morgan fingerprint density at radius 2 is 1.93 bits per heavy atom. The molecule has 28 heavy (non-hydrogen) atoms. The summed E-state index contributed by atoms with van der Waals surface area (Å²) in [7, 11) is 3.18. The summed E-state index contributed by atoms with van der Waals surface area (Å²) >= 11 is 0. The van der Waals surface area contributed by atoms with Gasteiger partial charge in [0.25, 0.3) is 5.91 Å². The fraction of sp³-hybridized carbons (Fsp3) is 0.400. The predicted molar refractivity (Wildman–Crippen MR) is 107 cm³/mol. The van der Waals surface area contributed by atoms with Gasteiger partial charge in [-0.15, -0.1) is 0 Å². The molecule has 0 unspecified atom stereocenters. The number of rotatable bonds is 8. The Labute approximate surface area is 164 Å². The predicted octanol–water partition coefficient (Wildman–Crippen LogP) is 1.90. The van der Waals surface area contributed by atoms with Gasteiger partial charge in [0.15, 0.2) is 11.5 Å². The summed E-state index contributed by atoms with van der Waals surface area (Å²) in [5.41, 5.74) is 1.34. The molecule has 1 saturated heterocycles. The Morgan fingerprint density at radius 1 is 1.14 bits per heavy atom. The molecule has 2 heterocycles. The number of hydrogen-bond donors (Lipinski definition) is 2. The lowest BCUT2D eigenvalue weighted by Crippen LogP contribution is -2.41. The summed E-state index contributed by atoms with van der Waals surface area (Å²) in [5, 5.41) is 6.14. The number of hydrogen-bond acceptors (Lipinski definition) is 7. The van der Waals surface area contributed by atoms with Crippen molar-refractivity contribution in [1.82, 2.24) is 15.2 Å². The molecule has 8 nitrogen and oxygen atoms in total. The van der Waals surface area contributed by atoms with Crippen LogP contribution in [0.15, 0.2) is 36.5 Å². The zero-order chi connectivity index (χ0) is 19.8. The van der Waals surface area contributed by atoms with Crippen LogP contribution in [-0.2, 0) is 4.74 Å². The van der Waals surface area contributed by atoms with E-state index in [9.17, 15) is 4.79 Å². The molecule has 2 N–H and O–H groups in total. The van der Waals surface area contributed by atoms with E-state index in [-0.39, 0.29) is 5.91 Å². The number of ether oxygens (including phenoxy) is 3. The lowest BCUT2D eigenvalue weighted by Gasteiger charge is -2.26. The molecular formula is C20H26N4O4. The van der Waals surface area contributed by atoms with Gasteiger partial charge in [0.1, 0.15) is 5.82 Å². The molecule has 2 aromatic rings. The maximum atomic E-state index is 12.4. The number of amides is 1. The minimum absolute atomic E-state index is 0.119. The molecule has 0 spiro atoms. The van der Waals surface area contributed by atoms with Gasteiger partial charge in [0, 0.05) is 49.7 Å². The van der Waals surface area contributed by atoms with Crippen molar-refractivity contribution in [2.45, 2.75) is 0 Å². The van der Waals surface area contributed by atoms with Gasteiger partial charge >= 0.3 is 0 Å². The number of carbonyl (C=O) groups is 1. The lowest BCUT2D eigenvalue weighted by molar-refractivity contribution is 0.0383. The van der Waals surface area contributed by atoms with E-state index in [2.05, 4.69) is 20.5 Å². The van der Waals surface area contributed by atoms with Crippen LogP contribution in [0.1, 0.15) is 10.4 Å². The summed E-state index contributed by atoms with van der Waals surface area (Å²) in [4.78, 5) is 19.0. The lowest BCUT2D eigenvalue weighted by atomic mass is 10.2. The first-order valence-electron chi connectivity index (χ1n) is 9.23. The minimum Gasteiger partial charge on any atom is -0.493 e. The summed E-state index contributed by atoms with van der Waals surface area (Å²) in [6.45, 7) is 4.73. The van der Waals surface area contributed by atoms with Crippen molar-refractivity contribution >= 4 is 17.4 Å². The molecule has 1 aromatic carbocycles. The SMILES string of the molecule is COc1ccc(Nc2cc(C(=O)NCCN3CCOCC3)ccn2)cc1OC. The first-order chi connectivity index (χ1) is 13.7. The first-order valence-corrected chi connectivity index (χ1v) is 9.23. The molecule has 1 aliphatic heterocycles. The van der Waals surface area contributed by atoms with Crippen LogP contribution in [0.3, 0.4) is 0 Å². The van der Waals surface area contributed by atoms with Crippen molar-refractivity contribution in [2.24, 2.45) is 0 Å². The maximum absolute atomic E-state index is 12.4. The number of nitrogens with zero attached hydrogens (tertiary/aromatic N) is 2. The highest BCUT2D eigenvalue weighted by Gasteiger charge is 2.12. The van der Waals surface area contributed by atoms with E-state index in [0.717, 1.165) is 38.5 Å². The van der Waals surface area contributed by atoms with Crippen molar-refractivity contribution in [1.29, 1.82) is 0 Å². The average Bonchev–Trinajstić information content (AvgIpc) is 2.74. The van der Waals surface area contributed by atoms with Gasteiger partial charge in [-0.25, -0.2) is 4.98 Å². The number of carbonyl (C=O) groups excluding carboxylic acids is 1. The van der Waals surface area contributed by atoms with E-state index >= 15 is 0 Å². The smallest absolute Gasteiger partial charge is 0.251 e. The monoisotopic (exact) mass is 386 g/mol. The van der Waals surface area contributed by atoms with Crippen molar-refractivity contribution in [3.63, 3.8) is 0 Å². The third-order valence-corrected chi connectivity index (χ3v) is 4.50. The molecule has 1 aromatic heterocycles. The van der Waals surface area contributed by atoms with Gasteiger partial charge in [-0.1, -0.05) is 0 Å². The molecule has 0 atom stereocenters. The van der Waals surface area contributed by atoms with E-state index < -0.39 is 0 Å². The fourth-order valence-corrected chi connectivity index (χ4v) is 2.96. The van der Waals surface area contributed by atoms with Crippen molar-refractivity contribution < 1.29 is 19.0 Å². The number of pyridine rings is 1. The number of morpholine rings is 1. The van der Waals surface area contributed by atoms with E-state index in [4.69, 9.17) is 14.2 Å². The Morgan fingerprint density at radius 3 is 2.68 bits per heavy atom. The summed E-state index contributed by atoms with van der Waals surface area (Å²) < 4.78 is 15.9. The minimum atomic E-state index is -0.119. The van der Waals surface area contributed by atoms with Gasteiger partial charge in [0.2, 0.25) is 0 Å². The second kappa shape index (κ2) is 9.91. The highest BCUT2D eigenvalue weighted by atomic mass is 16.5. The van der Waals surface area contributed by atoms with E-state index in [1.807, 2.05) is 18.2 Å². The molecule has 0 aliphatic carbocycles. The number of benzene rings is 1. The van der Waals surface area contributed by atoms with Gasteiger partial charge in [-0.05, 0) is 24.3 Å². The van der Waals surface area contributed by atoms with Crippen LogP contribution in [0.25, 0.3) is 0 Å². The van der Waals surface area contributed by atoms with Crippen LogP contribution in [0.4, 0.5) is 11.5 Å². The van der Waals surface area contributed by atoms with Crippen LogP contribution in [0.5, 0.6) is 11.5 Å².